The first-order valence-corrected chi connectivity index (χ1v) is 31.9. The van der Waals surface area contributed by atoms with E-state index in [1.54, 1.807) is 0 Å². The minimum absolute atomic E-state index is 0.0985. The van der Waals surface area contributed by atoms with Crippen LogP contribution in [0, 0.1) is 0 Å². The number of hydrogen-bond donors (Lipinski definition) is 0. The molecule has 0 rings (SSSR count). The number of carbonyl (C=O) groups excluding carboxylic acids is 3. The Hall–Kier alpha value is -3.93. The molecule has 0 N–H and O–H groups in total. The minimum atomic E-state index is -0.805. The summed E-state index contributed by atoms with van der Waals surface area (Å²) in [4.78, 5) is 38.3. The predicted molar refractivity (Wildman–Crippen MR) is 330 cm³/mol. The van der Waals surface area contributed by atoms with Gasteiger partial charge in [-0.05, 0) is 128 Å². The van der Waals surface area contributed by atoms with Crippen LogP contribution in [-0.4, -0.2) is 37.2 Å². The average molecular weight is 1060 g/mol. The summed E-state index contributed by atoms with van der Waals surface area (Å²) in [5.41, 5.74) is 0. The Kier molecular flexibility index (Phi) is 60.3. The Morgan fingerprint density at radius 1 is 0.276 bits per heavy atom. The van der Waals surface area contributed by atoms with Crippen LogP contribution in [0.1, 0.15) is 297 Å². The Bertz CT molecular complexity index is 1540. The molecule has 0 fully saturated rings. The van der Waals surface area contributed by atoms with E-state index in [9.17, 15) is 14.4 Å². The van der Waals surface area contributed by atoms with Crippen molar-refractivity contribution in [3.8, 4) is 0 Å². The van der Waals surface area contributed by atoms with Gasteiger partial charge in [0.1, 0.15) is 13.2 Å². The Balaban J connectivity index is 4.48. The van der Waals surface area contributed by atoms with E-state index in [-0.39, 0.29) is 31.1 Å². The maximum atomic E-state index is 12.9. The molecule has 6 nitrogen and oxygen atoms in total. The molecule has 0 saturated heterocycles. The van der Waals surface area contributed by atoms with Crippen molar-refractivity contribution in [2.75, 3.05) is 13.2 Å². The summed E-state index contributed by atoms with van der Waals surface area (Å²) in [5.74, 6) is -0.949. The number of hydrogen-bond acceptors (Lipinski definition) is 6. The lowest BCUT2D eigenvalue weighted by atomic mass is 10.1. The van der Waals surface area contributed by atoms with E-state index < -0.39 is 6.10 Å². The molecular weight excluding hydrogens is 937 g/mol. The zero-order valence-electron chi connectivity index (χ0n) is 49.7. The smallest absolute Gasteiger partial charge is 0.306 e. The number of unbranched alkanes of at least 4 members (excludes halogenated alkanes) is 28. The Morgan fingerprint density at radius 2 is 0.513 bits per heavy atom. The number of allylic oxidation sites excluding steroid dienone is 18. The third-order valence-electron chi connectivity index (χ3n) is 13.5. The number of carbonyl (C=O) groups is 3. The second-order valence-corrected chi connectivity index (χ2v) is 20.9. The molecule has 0 aromatic carbocycles. The van der Waals surface area contributed by atoms with Crippen molar-refractivity contribution in [1.29, 1.82) is 0 Å². The van der Waals surface area contributed by atoms with Crippen molar-refractivity contribution in [2.45, 2.75) is 303 Å². The molecule has 0 saturated carbocycles. The van der Waals surface area contributed by atoms with Crippen molar-refractivity contribution >= 4 is 17.9 Å². The second kappa shape index (κ2) is 63.6. The van der Waals surface area contributed by atoms with Crippen LogP contribution in [-0.2, 0) is 28.6 Å². The van der Waals surface area contributed by atoms with Gasteiger partial charge in [0.05, 0.1) is 0 Å². The van der Waals surface area contributed by atoms with Gasteiger partial charge in [0.15, 0.2) is 6.10 Å². The van der Waals surface area contributed by atoms with Crippen LogP contribution in [0.2, 0.25) is 0 Å². The summed E-state index contributed by atoms with van der Waals surface area (Å²) in [5, 5.41) is 0. The molecule has 0 spiro atoms. The van der Waals surface area contributed by atoms with Gasteiger partial charge in [-0.15, -0.1) is 0 Å². The molecule has 0 aromatic rings. The lowest BCUT2D eigenvalue weighted by Crippen LogP contribution is -2.30. The summed E-state index contributed by atoms with van der Waals surface area (Å²) < 4.78 is 16.9. The molecule has 0 aliphatic heterocycles. The zero-order valence-corrected chi connectivity index (χ0v) is 49.7. The summed E-state index contributed by atoms with van der Waals surface area (Å²) >= 11 is 0. The molecule has 0 radical (unpaired) electrons. The van der Waals surface area contributed by atoms with Gasteiger partial charge >= 0.3 is 17.9 Å². The van der Waals surface area contributed by atoms with Crippen LogP contribution in [0.3, 0.4) is 0 Å². The van der Waals surface area contributed by atoms with Crippen LogP contribution >= 0.6 is 0 Å². The molecular formula is C70H118O6. The molecule has 1 unspecified atom stereocenters. The van der Waals surface area contributed by atoms with E-state index in [1.807, 2.05) is 0 Å². The van der Waals surface area contributed by atoms with Crippen molar-refractivity contribution in [1.82, 2.24) is 0 Å². The largest absolute Gasteiger partial charge is 0.462 e. The fraction of sp³-hybridized carbons (Fsp3) is 0.700. The summed E-state index contributed by atoms with van der Waals surface area (Å²) in [7, 11) is 0. The fourth-order valence-corrected chi connectivity index (χ4v) is 8.71. The summed E-state index contributed by atoms with van der Waals surface area (Å²) in [6.07, 6.45) is 86.6. The third-order valence-corrected chi connectivity index (χ3v) is 13.5. The standard InChI is InChI=1S/C70H118O6/c1-4-7-10-13-16-19-22-25-28-31-33-35-37-39-42-45-48-51-54-57-60-63-69(72)75-66-67(65-74-68(71)62-59-56-53-50-47-44-41-30-27-24-21-18-15-12-9-6-3)76-70(73)64-61-58-55-52-49-46-43-40-38-36-34-32-29-26-23-20-17-14-11-8-5-2/h7,10,16,19,23,25-26,28,30,32-35,39,41-42,48,51,67H,4-6,8-9,11-15,17-18,20-22,24,27,29,31,36-38,40,43-47,49-50,52-66H2,1-3H3/b10-7-,19-16-,26-23-,28-25-,34-32-,35-33-,41-30-,42-39-,51-48-. The lowest BCUT2D eigenvalue weighted by Gasteiger charge is -2.18. The van der Waals surface area contributed by atoms with Crippen LogP contribution in [0.5, 0.6) is 0 Å². The quantitative estimate of drug-likeness (QED) is 0.0261. The second-order valence-electron chi connectivity index (χ2n) is 20.9. The topological polar surface area (TPSA) is 78.9 Å². The van der Waals surface area contributed by atoms with E-state index in [4.69, 9.17) is 14.2 Å². The first-order chi connectivity index (χ1) is 37.5. The van der Waals surface area contributed by atoms with Gasteiger partial charge in [-0.1, -0.05) is 259 Å². The van der Waals surface area contributed by atoms with E-state index >= 15 is 0 Å². The molecule has 0 aliphatic carbocycles. The van der Waals surface area contributed by atoms with Gasteiger partial charge < -0.3 is 14.2 Å². The monoisotopic (exact) mass is 1050 g/mol. The predicted octanol–water partition coefficient (Wildman–Crippen LogP) is 21.8. The fourth-order valence-electron chi connectivity index (χ4n) is 8.71. The molecule has 0 bridgehead atoms. The highest BCUT2D eigenvalue weighted by Crippen LogP contribution is 2.15. The molecule has 0 aromatic heterocycles. The van der Waals surface area contributed by atoms with E-state index in [0.717, 1.165) is 109 Å². The molecule has 0 heterocycles. The highest BCUT2D eigenvalue weighted by molar-refractivity contribution is 5.71. The van der Waals surface area contributed by atoms with Crippen LogP contribution < -0.4 is 0 Å². The third kappa shape index (κ3) is 60.9. The molecule has 0 amide bonds. The number of ether oxygens (including phenoxy) is 3. The SMILES string of the molecule is CC/C=C\C/C=C\C/C=C\C/C=C\C/C=C\C/C=C\CCCCC(=O)OCC(COC(=O)CCCCCCC/C=C\CCCCCCCCC)OC(=O)CCCCCCCCCCC/C=C\C/C=C\CCCCCCC. The van der Waals surface area contributed by atoms with Gasteiger partial charge in [0, 0.05) is 19.3 Å². The van der Waals surface area contributed by atoms with Gasteiger partial charge in [0.25, 0.3) is 0 Å². The Morgan fingerprint density at radius 3 is 0.842 bits per heavy atom. The average Bonchev–Trinajstić information content (AvgIpc) is 3.42. The van der Waals surface area contributed by atoms with Crippen molar-refractivity contribution in [3.63, 3.8) is 0 Å². The molecule has 6 heteroatoms. The van der Waals surface area contributed by atoms with Gasteiger partial charge in [-0.25, -0.2) is 0 Å². The maximum absolute atomic E-state index is 12.9. The number of rotatable bonds is 57. The number of esters is 3. The highest BCUT2D eigenvalue weighted by atomic mass is 16.6. The first kappa shape index (κ1) is 72.1. The molecule has 76 heavy (non-hydrogen) atoms. The minimum Gasteiger partial charge on any atom is -0.462 e. The van der Waals surface area contributed by atoms with E-state index in [2.05, 4.69) is 130 Å². The maximum Gasteiger partial charge on any atom is 0.306 e. The van der Waals surface area contributed by atoms with Gasteiger partial charge in [0.2, 0.25) is 0 Å². The lowest BCUT2D eigenvalue weighted by molar-refractivity contribution is -0.167. The molecule has 0 aliphatic rings. The highest BCUT2D eigenvalue weighted by Gasteiger charge is 2.19. The zero-order chi connectivity index (χ0) is 55.0. The molecule has 434 valence electrons. The summed E-state index contributed by atoms with van der Waals surface area (Å²) in [6.45, 7) is 6.49. The van der Waals surface area contributed by atoms with Crippen molar-refractivity contribution < 1.29 is 28.6 Å². The van der Waals surface area contributed by atoms with Crippen LogP contribution in [0.25, 0.3) is 0 Å². The Labute approximate surface area is 470 Å². The van der Waals surface area contributed by atoms with Crippen molar-refractivity contribution in [3.05, 3.63) is 109 Å². The van der Waals surface area contributed by atoms with E-state index in [1.165, 1.54) is 148 Å². The van der Waals surface area contributed by atoms with Crippen LogP contribution in [0.15, 0.2) is 109 Å². The van der Waals surface area contributed by atoms with Crippen molar-refractivity contribution in [2.24, 2.45) is 0 Å². The summed E-state index contributed by atoms with van der Waals surface area (Å²) in [6, 6.07) is 0. The van der Waals surface area contributed by atoms with Gasteiger partial charge in [-0.2, -0.15) is 0 Å². The molecule has 1 atom stereocenters. The normalized spacial score (nSPS) is 12.8. The van der Waals surface area contributed by atoms with E-state index in [0.29, 0.717) is 19.3 Å². The van der Waals surface area contributed by atoms with Gasteiger partial charge in [-0.3, -0.25) is 14.4 Å². The first-order valence-electron chi connectivity index (χ1n) is 31.9. The van der Waals surface area contributed by atoms with Crippen LogP contribution in [0.4, 0.5) is 0 Å².